The van der Waals surface area contributed by atoms with E-state index in [-0.39, 0.29) is 59.9 Å². The Kier molecular flexibility index (Phi) is 22.5. The molecule has 2 N–H and O–H groups in total. The van der Waals surface area contributed by atoms with Crippen molar-refractivity contribution in [2.24, 2.45) is 23.7 Å². The molecule has 1 aliphatic rings. The van der Waals surface area contributed by atoms with Crippen LogP contribution in [0, 0.1) is 23.7 Å². The molecule has 0 saturated carbocycles. The van der Waals surface area contributed by atoms with Gasteiger partial charge < -0.3 is 34.6 Å². The molecule has 5 amide bonds. The number of ether oxygens (including phenoxy) is 3. The molecule has 2 aromatic carbocycles. The molecule has 1 aromatic heterocycles. The van der Waals surface area contributed by atoms with E-state index in [0.29, 0.717) is 38.0 Å². The van der Waals surface area contributed by atoms with Gasteiger partial charge in [-0.2, -0.15) is 0 Å². The fourth-order valence-electron chi connectivity index (χ4n) is 9.82. The first-order valence-corrected chi connectivity index (χ1v) is 26.3. The summed E-state index contributed by atoms with van der Waals surface area (Å²) in [6.07, 6.45) is 3.50. The first-order valence-electron chi connectivity index (χ1n) is 25.4. The molecule has 8 unspecified atom stereocenters. The van der Waals surface area contributed by atoms with Crippen LogP contribution in [0.4, 0.5) is 10.5 Å². The summed E-state index contributed by atoms with van der Waals surface area (Å²) in [6, 6.07) is 15.2. The zero-order valence-corrected chi connectivity index (χ0v) is 46.1. The van der Waals surface area contributed by atoms with E-state index in [4.69, 9.17) is 14.2 Å². The van der Waals surface area contributed by atoms with E-state index < -0.39 is 47.9 Å². The fourth-order valence-corrected chi connectivity index (χ4v) is 10.5. The number of benzene rings is 2. The third-order valence-corrected chi connectivity index (χ3v) is 14.8. The predicted molar refractivity (Wildman–Crippen MR) is 282 cm³/mol. The average Bonchev–Trinajstić information content (AvgIpc) is 4.05. The number of aromatic nitrogens is 1. The summed E-state index contributed by atoms with van der Waals surface area (Å²) in [7, 11) is 8.52. The molecule has 1 fully saturated rings. The molecule has 394 valence electrons. The number of likely N-dealkylation sites (tertiary alicyclic amines) is 1. The Morgan fingerprint density at radius 3 is 2.07 bits per heavy atom. The summed E-state index contributed by atoms with van der Waals surface area (Å²) in [4.78, 5) is 81.8. The quantitative estimate of drug-likeness (QED) is 0.0847. The van der Waals surface area contributed by atoms with Crippen LogP contribution >= 0.6 is 11.3 Å². The third-order valence-electron chi connectivity index (χ3n) is 14.0. The molecule has 1 aliphatic heterocycles. The number of likely N-dealkylation sites (N-methyl/N-ethyl adjacent to an activating group) is 2. The molecule has 16 heteroatoms. The average molecular weight is 1000 g/mol. The van der Waals surface area contributed by atoms with E-state index in [2.05, 4.69) is 29.5 Å². The molecule has 0 spiro atoms. The summed E-state index contributed by atoms with van der Waals surface area (Å²) >= 11 is 1.50. The fraction of sp³-hybridized carbons (Fsp3) is 0.636. The lowest BCUT2D eigenvalue weighted by molar-refractivity contribution is -0.148. The number of anilines is 1. The molecule has 3 aromatic rings. The molecule has 71 heavy (non-hydrogen) atoms. The summed E-state index contributed by atoms with van der Waals surface area (Å²) in [5.41, 5.74) is 2.24. The Labute approximate surface area is 428 Å². The van der Waals surface area contributed by atoms with Crippen molar-refractivity contribution >= 4 is 46.7 Å². The van der Waals surface area contributed by atoms with E-state index >= 15 is 0 Å². The second-order valence-corrected chi connectivity index (χ2v) is 22.0. The van der Waals surface area contributed by atoms with Crippen molar-refractivity contribution in [3.8, 4) is 0 Å². The molecule has 0 aliphatic carbocycles. The zero-order chi connectivity index (χ0) is 52.7. The molecule has 0 bridgehead atoms. The number of nitrogens with one attached hydrogen (secondary N) is 2. The van der Waals surface area contributed by atoms with Crippen LogP contribution < -0.4 is 15.5 Å². The smallest absolute Gasteiger partial charge is 0.414 e. The van der Waals surface area contributed by atoms with Crippen molar-refractivity contribution in [1.29, 1.82) is 0 Å². The van der Waals surface area contributed by atoms with Crippen LogP contribution in [0.5, 0.6) is 0 Å². The second-order valence-electron chi connectivity index (χ2n) is 21.1. The molecule has 15 nitrogen and oxygen atoms in total. The van der Waals surface area contributed by atoms with Gasteiger partial charge in [0.15, 0.2) is 0 Å². The zero-order valence-electron chi connectivity index (χ0n) is 45.3. The Bertz CT molecular complexity index is 2130. The molecule has 4 rings (SSSR count). The van der Waals surface area contributed by atoms with E-state index in [9.17, 15) is 24.0 Å². The van der Waals surface area contributed by atoms with Gasteiger partial charge >= 0.3 is 6.09 Å². The van der Waals surface area contributed by atoms with Crippen molar-refractivity contribution in [1.82, 2.24) is 30.3 Å². The van der Waals surface area contributed by atoms with Crippen molar-refractivity contribution in [2.45, 2.75) is 156 Å². The van der Waals surface area contributed by atoms with Crippen LogP contribution in [0.25, 0.3) is 0 Å². The van der Waals surface area contributed by atoms with Gasteiger partial charge in [0, 0.05) is 58.7 Å². The van der Waals surface area contributed by atoms with E-state index in [1.165, 1.54) is 16.2 Å². The number of carbonyl (C=O) groups excluding carboxylic acids is 5. The van der Waals surface area contributed by atoms with Gasteiger partial charge in [0.25, 0.3) is 0 Å². The highest BCUT2D eigenvalue weighted by Crippen LogP contribution is 2.31. The van der Waals surface area contributed by atoms with Gasteiger partial charge in [-0.25, -0.2) is 9.78 Å². The van der Waals surface area contributed by atoms with Gasteiger partial charge in [0.2, 0.25) is 23.6 Å². The summed E-state index contributed by atoms with van der Waals surface area (Å²) < 4.78 is 17.7. The molecule has 9 atom stereocenters. The lowest BCUT2D eigenvalue weighted by atomic mass is 9.89. The minimum Gasteiger partial charge on any atom is -0.443 e. The van der Waals surface area contributed by atoms with Crippen LogP contribution in [0.2, 0.25) is 0 Å². The van der Waals surface area contributed by atoms with E-state index in [1.54, 1.807) is 39.4 Å². The summed E-state index contributed by atoms with van der Waals surface area (Å²) in [5, 5.41) is 9.11. The molecule has 2 heterocycles. The van der Waals surface area contributed by atoms with E-state index in [1.807, 2.05) is 132 Å². The van der Waals surface area contributed by atoms with Gasteiger partial charge in [0.05, 0.1) is 48.7 Å². The monoisotopic (exact) mass is 1000 g/mol. The molecular formula is C55H85N7O8S. The highest BCUT2D eigenvalue weighted by atomic mass is 32.1. The number of carbonyl (C=O) groups is 5. The number of amides is 5. The molecular weight excluding hydrogens is 919 g/mol. The number of nitrogens with zero attached hydrogens (tertiary/aromatic N) is 5. The van der Waals surface area contributed by atoms with Gasteiger partial charge in [-0.05, 0) is 94.5 Å². The normalized spacial score (nSPS) is 17.5. The third kappa shape index (κ3) is 16.3. The predicted octanol–water partition coefficient (Wildman–Crippen LogP) is 8.17. The highest BCUT2D eigenvalue weighted by molar-refractivity contribution is 7.09. The number of methoxy groups -OCH3 is 2. The van der Waals surface area contributed by atoms with Crippen LogP contribution in [0.3, 0.4) is 0 Å². The number of hydrogen-bond donors (Lipinski definition) is 2. The van der Waals surface area contributed by atoms with Crippen LogP contribution in [0.15, 0.2) is 66.2 Å². The van der Waals surface area contributed by atoms with Crippen molar-refractivity contribution in [2.75, 3.05) is 53.4 Å². The molecule has 0 radical (unpaired) electrons. The lowest BCUT2D eigenvalue weighted by Gasteiger charge is -2.41. The Balaban J connectivity index is 1.44. The largest absolute Gasteiger partial charge is 0.443 e. The number of rotatable bonds is 25. The maximum Gasteiger partial charge on any atom is 0.414 e. The van der Waals surface area contributed by atoms with Crippen molar-refractivity contribution in [3.05, 3.63) is 82.3 Å². The van der Waals surface area contributed by atoms with Crippen molar-refractivity contribution < 1.29 is 38.2 Å². The number of hydrogen-bond acceptors (Lipinski definition) is 11. The van der Waals surface area contributed by atoms with Gasteiger partial charge in [-0.3, -0.25) is 29.0 Å². The maximum absolute atomic E-state index is 14.7. The summed E-state index contributed by atoms with van der Waals surface area (Å²) in [5.74, 6) is -1.74. The van der Waals surface area contributed by atoms with Crippen LogP contribution in [-0.2, 0) is 46.2 Å². The first-order chi connectivity index (χ1) is 33.5. The Morgan fingerprint density at radius 2 is 1.52 bits per heavy atom. The Morgan fingerprint density at radius 1 is 0.859 bits per heavy atom. The second kappa shape index (κ2) is 27.2. The first kappa shape index (κ1) is 58.7. The Hall–Kier alpha value is -4.90. The standard InChI is InChI=1S/C55H85N7O8S/c1-16-37(6)48(44(68-14)34-45(63)62-30-20-23-43(62)49(69-15)38(7)50(64)57-42(52-56-29-32-71-52)33-40-21-18-17-19-22-40)61(13)53(66)46(35(2)3)58-51(65)47(36(4)5)59(11)31-28-39-24-26-41(27-25-39)60(12)54(67)70-55(8,9)10/h17-19,21-22,24-27,29,32,35-38,42-44,46-49H,16,20,23,28,30-31,33-34H2,1-15H3,(H,57,64)(H,58,65)/t37?,38?,42?,43-,44?,46?,47?,48?,49?/m0/s1. The topological polar surface area (TPSA) is 163 Å². The van der Waals surface area contributed by atoms with Gasteiger partial charge in [-0.1, -0.05) is 97.4 Å². The number of thiazole rings is 1. The van der Waals surface area contributed by atoms with Gasteiger partial charge in [0.1, 0.15) is 16.7 Å². The minimum absolute atomic E-state index is 0.0158. The maximum atomic E-state index is 14.7. The SMILES string of the molecule is CCC(C)C(C(CC(=O)N1CCC[C@H]1C(OC)C(C)C(=O)NC(Cc1ccccc1)c1nccs1)OC)N(C)C(=O)C(NC(=O)C(C(C)C)N(C)CCc1ccc(N(C)C(=O)OC(C)(C)C)cc1)C(C)C. The highest BCUT2D eigenvalue weighted by Gasteiger charge is 2.43. The molecule has 1 saturated heterocycles. The van der Waals surface area contributed by atoms with Crippen LogP contribution in [0.1, 0.15) is 117 Å². The summed E-state index contributed by atoms with van der Waals surface area (Å²) in [6.45, 7) is 20.4. The van der Waals surface area contributed by atoms with Crippen molar-refractivity contribution in [3.63, 3.8) is 0 Å². The van der Waals surface area contributed by atoms with Crippen LogP contribution in [-0.4, -0.2) is 140 Å². The van der Waals surface area contributed by atoms with Gasteiger partial charge in [-0.15, -0.1) is 11.3 Å². The minimum atomic E-state index is -0.836. The lowest BCUT2D eigenvalue weighted by Crippen LogP contribution is -2.60. The van der Waals surface area contributed by atoms with E-state index in [0.717, 1.165) is 29.0 Å².